The minimum Gasteiger partial charge on any atom is -0.493 e. The molecular weight excluding hydrogens is 340 g/mol. The fourth-order valence-corrected chi connectivity index (χ4v) is 4.89. The number of benzene rings is 2. The Bertz CT molecular complexity index is 1020. The summed E-state index contributed by atoms with van der Waals surface area (Å²) in [6.45, 7) is 1.90. The van der Waals surface area contributed by atoms with Crippen LogP contribution in [0.3, 0.4) is 0 Å². The summed E-state index contributed by atoms with van der Waals surface area (Å²) in [5, 5.41) is 11.2. The van der Waals surface area contributed by atoms with Gasteiger partial charge in [-0.25, -0.2) is 0 Å². The summed E-state index contributed by atoms with van der Waals surface area (Å²) >= 11 is 0. The van der Waals surface area contributed by atoms with E-state index in [1.807, 2.05) is 6.07 Å². The second kappa shape index (κ2) is 6.29. The van der Waals surface area contributed by atoms with E-state index >= 15 is 0 Å². The zero-order valence-corrected chi connectivity index (χ0v) is 15.7. The lowest BCUT2D eigenvalue weighted by Gasteiger charge is -2.41. The van der Waals surface area contributed by atoms with Crippen molar-refractivity contribution in [3.8, 4) is 11.5 Å². The Balaban J connectivity index is 1.65. The monoisotopic (exact) mass is 364 g/mol. The zero-order chi connectivity index (χ0) is 18.5. The molecule has 0 fully saturated rings. The van der Waals surface area contributed by atoms with Crippen LogP contribution >= 0.6 is 0 Å². The van der Waals surface area contributed by atoms with Crippen molar-refractivity contribution in [2.45, 2.75) is 32.2 Å². The minimum absolute atomic E-state index is 0.0238. The number of ether oxygens (including phenoxy) is 2. The van der Waals surface area contributed by atoms with Gasteiger partial charge in [-0.2, -0.15) is 0 Å². The zero-order valence-electron chi connectivity index (χ0n) is 15.7. The molecule has 2 aromatic carbocycles. The van der Waals surface area contributed by atoms with E-state index in [0.29, 0.717) is 6.04 Å². The van der Waals surface area contributed by atoms with Gasteiger partial charge in [-0.1, -0.05) is 18.2 Å². The fourth-order valence-electron chi connectivity index (χ4n) is 4.89. The van der Waals surface area contributed by atoms with Gasteiger partial charge in [0, 0.05) is 30.2 Å². The number of hydrogen-bond donors (Lipinski definition) is 1. The normalized spacial score (nSPS) is 18.7. The van der Waals surface area contributed by atoms with Crippen LogP contribution in [-0.4, -0.2) is 35.3 Å². The summed E-state index contributed by atoms with van der Waals surface area (Å²) in [5.41, 5.74) is 6.42. The quantitative estimate of drug-likeness (QED) is 0.775. The number of hydrogen-bond acceptors (Lipinski definition) is 4. The molecule has 5 heteroatoms. The third-order valence-corrected chi connectivity index (χ3v) is 6.20. The van der Waals surface area contributed by atoms with Crippen molar-refractivity contribution in [1.29, 1.82) is 0 Å². The van der Waals surface area contributed by atoms with Crippen LogP contribution in [0.2, 0.25) is 0 Å². The summed E-state index contributed by atoms with van der Waals surface area (Å²) in [6, 6.07) is 13.0. The third-order valence-electron chi connectivity index (χ3n) is 6.20. The van der Waals surface area contributed by atoms with Crippen LogP contribution in [0.25, 0.3) is 10.9 Å². The molecule has 1 unspecified atom stereocenters. The standard InChI is InChI=1S/C22H24N2O3/c1-26-21-9-14-7-8-23-12-20-17(10-19(23)16(14)11-22(21)27-2)15-5-3-4-6-18(15)24(20)13-25/h3-6,9,11,19,25H,7-8,10,12-13H2,1-2H3. The van der Waals surface area contributed by atoms with Crippen molar-refractivity contribution in [3.63, 3.8) is 0 Å². The molecule has 5 nitrogen and oxygen atoms in total. The molecule has 0 bridgehead atoms. The SMILES string of the molecule is COc1cc2c(cc1OC)C1Cc3c(n(CO)c4ccccc34)CN1CC2. The predicted octanol–water partition coefficient (Wildman–Crippen LogP) is 3.26. The molecule has 2 aliphatic rings. The van der Waals surface area contributed by atoms with Gasteiger partial charge in [0.1, 0.15) is 6.73 Å². The number of nitrogens with zero attached hydrogens (tertiary/aromatic N) is 2. The Morgan fingerprint density at radius 3 is 2.67 bits per heavy atom. The molecule has 0 saturated carbocycles. The van der Waals surface area contributed by atoms with E-state index in [9.17, 15) is 5.11 Å². The third kappa shape index (κ3) is 2.38. The van der Waals surface area contributed by atoms with Gasteiger partial charge >= 0.3 is 0 Å². The number of rotatable bonds is 3. The minimum atomic E-state index is 0.0238. The Hall–Kier alpha value is -2.50. The van der Waals surface area contributed by atoms with Crippen LogP contribution in [0.5, 0.6) is 11.5 Å². The van der Waals surface area contributed by atoms with Crippen molar-refractivity contribution in [1.82, 2.24) is 9.47 Å². The van der Waals surface area contributed by atoms with Crippen LogP contribution in [0.1, 0.15) is 28.4 Å². The van der Waals surface area contributed by atoms with Crippen molar-refractivity contribution in [2.24, 2.45) is 0 Å². The Morgan fingerprint density at radius 2 is 1.89 bits per heavy atom. The second-order valence-corrected chi connectivity index (χ2v) is 7.36. The highest BCUT2D eigenvalue weighted by Crippen LogP contribution is 2.44. The Labute approximate surface area is 158 Å². The summed E-state index contributed by atoms with van der Waals surface area (Å²) in [6.07, 6.45) is 1.95. The predicted molar refractivity (Wildman–Crippen MR) is 104 cm³/mol. The molecule has 27 heavy (non-hydrogen) atoms. The van der Waals surface area contributed by atoms with Crippen LogP contribution in [0, 0.1) is 0 Å². The lowest BCUT2D eigenvalue weighted by Crippen LogP contribution is -2.39. The first-order chi connectivity index (χ1) is 13.2. The van der Waals surface area contributed by atoms with E-state index in [2.05, 4.69) is 39.8 Å². The first-order valence-electron chi connectivity index (χ1n) is 9.43. The largest absolute Gasteiger partial charge is 0.493 e. The van der Waals surface area contributed by atoms with Gasteiger partial charge in [0.05, 0.1) is 19.7 Å². The van der Waals surface area contributed by atoms with E-state index in [-0.39, 0.29) is 6.73 Å². The van der Waals surface area contributed by atoms with Gasteiger partial charge in [-0.05, 0) is 47.7 Å². The second-order valence-electron chi connectivity index (χ2n) is 7.36. The molecule has 3 aromatic rings. The highest BCUT2D eigenvalue weighted by Gasteiger charge is 2.35. The highest BCUT2D eigenvalue weighted by atomic mass is 16.5. The van der Waals surface area contributed by atoms with Gasteiger partial charge in [-0.3, -0.25) is 4.90 Å². The summed E-state index contributed by atoms with van der Waals surface area (Å²) in [4.78, 5) is 2.53. The molecule has 0 saturated heterocycles. The van der Waals surface area contributed by atoms with Crippen LogP contribution in [0.4, 0.5) is 0 Å². The van der Waals surface area contributed by atoms with Gasteiger partial charge < -0.3 is 19.1 Å². The lowest BCUT2D eigenvalue weighted by molar-refractivity contribution is 0.145. The fraction of sp³-hybridized carbons (Fsp3) is 0.364. The molecule has 5 rings (SSSR count). The maximum atomic E-state index is 9.97. The molecule has 1 aromatic heterocycles. The highest BCUT2D eigenvalue weighted by molar-refractivity contribution is 5.86. The van der Waals surface area contributed by atoms with E-state index < -0.39 is 0 Å². The van der Waals surface area contributed by atoms with Crippen LogP contribution < -0.4 is 9.47 Å². The number of aliphatic hydroxyl groups is 1. The summed E-state index contributed by atoms with van der Waals surface area (Å²) in [5.74, 6) is 1.60. The van der Waals surface area contributed by atoms with Crippen molar-refractivity contribution in [3.05, 3.63) is 58.8 Å². The first-order valence-corrected chi connectivity index (χ1v) is 9.43. The first kappa shape index (κ1) is 16.7. The van der Waals surface area contributed by atoms with Gasteiger partial charge in [0.25, 0.3) is 0 Å². The summed E-state index contributed by atoms with van der Waals surface area (Å²) < 4.78 is 13.1. The van der Waals surface area contributed by atoms with Crippen molar-refractivity contribution >= 4 is 10.9 Å². The molecule has 0 aliphatic carbocycles. The van der Waals surface area contributed by atoms with Crippen molar-refractivity contribution < 1.29 is 14.6 Å². The maximum Gasteiger partial charge on any atom is 0.161 e. The Morgan fingerprint density at radius 1 is 1.11 bits per heavy atom. The maximum absolute atomic E-state index is 9.97. The van der Waals surface area contributed by atoms with Crippen LogP contribution in [-0.2, 0) is 26.1 Å². The molecule has 2 aliphatic heterocycles. The van der Waals surface area contributed by atoms with E-state index in [1.165, 1.54) is 27.8 Å². The molecule has 1 atom stereocenters. The molecule has 0 spiro atoms. The number of aromatic nitrogens is 1. The number of aliphatic hydroxyl groups excluding tert-OH is 1. The topological polar surface area (TPSA) is 46.9 Å². The number of methoxy groups -OCH3 is 2. The van der Waals surface area contributed by atoms with Gasteiger partial charge in [0.2, 0.25) is 0 Å². The molecule has 140 valence electrons. The molecule has 0 radical (unpaired) electrons. The average molecular weight is 364 g/mol. The molecular formula is C22H24N2O3. The lowest BCUT2D eigenvalue weighted by atomic mass is 9.85. The van der Waals surface area contributed by atoms with Gasteiger partial charge in [-0.15, -0.1) is 0 Å². The van der Waals surface area contributed by atoms with Crippen LogP contribution in [0.15, 0.2) is 36.4 Å². The average Bonchev–Trinajstić information content (AvgIpc) is 3.03. The summed E-state index contributed by atoms with van der Waals surface area (Å²) in [7, 11) is 3.38. The Kier molecular flexibility index (Phi) is 3.88. The van der Waals surface area contributed by atoms with E-state index in [0.717, 1.165) is 42.9 Å². The molecule has 3 heterocycles. The van der Waals surface area contributed by atoms with E-state index in [4.69, 9.17) is 9.47 Å². The van der Waals surface area contributed by atoms with Gasteiger partial charge in [0.15, 0.2) is 11.5 Å². The molecule has 1 N–H and O–H groups in total. The molecule has 0 amide bonds. The smallest absolute Gasteiger partial charge is 0.161 e. The number of para-hydroxylation sites is 1. The van der Waals surface area contributed by atoms with E-state index in [1.54, 1.807) is 14.2 Å². The number of fused-ring (bicyclic) bond motifs is 6. The van der Waals surface area contributed by atoms with Crippen molar-refractivity contribution in [2.75, 3.05) is 20.8 Å².